The van der Waals surface area contributed by atoms with Gasteiger partial charge in [-0.1, -0.05) is 11.6 Å². The van der Waals surface area contributed by atoms with Crippen LogP contribution in [0.15, 0.2) is 41.1 Å². The lowest BCUT2D eigenvalue weighted by Gasteiger charge is -2.15. The van der Waals surface area contributed by atoms with Gasteiger partial charge >= 0.3 is 5.97 Å². The lowest BCUT2D eigenvalue weighted by Crippen LogP contribution is -2.26. The summed E-state index contributed by atoms with van der Waals surface area (Å²) in [5.41, 5.74) is 0.0373. The lowest BCUT2D eigenvalue weighted by atomic mass is 9.98. The second kappa shape index (κ2) is 5.39. The standard InChI is InChI=1S/C15H10BrClFNO2/c16-10-5-9(7-19-8-10)15(3-4-15)14(20)21-13-6-11(17)1-2-12(13)18/h1-2,5-8H,3-4H2. The number of aromatic nitrogens is 1. The average molecular weight is 371 g/mol. The van der Waals surface area contributed by atoms with Crippen molar-refractivity contribution in [3.05, 3.63) is 57.5 Å². The van der Waals surface area contributed by atoms with Gasteiger partial charge in [0.15, 0.2) is 11.6 Å². The van der Waals surface area contributed by atoms with Crippen LogP contribution in [-0.4, -0.2) is 11.0 Å². The van der Waals surface area contributed by atoms with Gasteiger partial charge in [0.05, 0.1) is 5.41 Å². The zero-order valence-electron chi connectivity index (χ0n) is 10.8. The molecule has 0 amide bonds. The number of benzene rings is 1. The minimum absolute atomic E-state index is 0.151. The largest absolute Gasteiger partial charge is 0.423 e. The average Bonchev–Trinajstić information content (AvgIpc) is 3.24. The van der Waals surface area contributed by atoms with Crippen molar-refractivity contribution >= 4 is 33.5 Å². The Hall–Kier alpha value is -1.46. The maximum atomic E-state index is 13.6. The molecule has 1 aromatic carbocycles. The number of nitrogens with zero attached hydrogens (tertiary/aromatic N) is 1. The molecule has 21 heavy (non-hydrogen) atoms. The Morgan fingerprint density at radius 3 is 2.76 bits per heavy atom. The van der Waals surface area contributed by atoms with Gasteiger partial charge in [-0.15, -0.1) is 0 Å². The van der Waals surface area contributed by atoms with Gasteiger partial charge in [-0.2, -0.15) is 0 Å². The molecule has 3 rings (SSSR count). The van der Waals surface area contributed by atoms with Crippen LogP contribution >= 0.6 is 27.5 Å². The lowest BCUT2D eigenvalue weighted by molar-refractivity contribution is -0.137. The van der Waals surface area contributed by atoms with E-state index in [1.54, 1.807) is 12.4 Å². The summed E-state index contributed by atoms with van der Waals surface area (Å²) in [5.74, 6) is -1.25. The minimum Gasteiger partial charge on any atom is -0.423 e. The van der Waals surface area contributed by atoms with E-state index in [4.69, 9.17) is 16.3 Å². The van der Waals surface area contributed by atoms with Crippen molar-refractivity contribution < 1.29 is 13.9 Å². The van der Waals surface area contributed by atoms with Crippen molar-refractivity contribution in [2.24, 2.45) is 0 Å². The van der Waals surface area contributed by atoms with Crippen LogP contribution in [0.4, 0.5) is 4.39 Å². The third-order valence-corrected chi connectivity index (χ3v) is 4.16. The Kier molecular flexibility index (Phi) is 3.71. The zero-order valence-corrected chi connectivity index (χ0v) is 13.1. The van der Waals surface area contributed by atoms with Crippen LogP contribution in [0.25, 0.3) is 0 Å². The highest BCUT2D eigenvalue weighted by atomic mass is 79.9. The molecule has 0 unspecified atom stereocenters. The van der Waals surface area contributed by atoms with Crippen LogP contribution in [0, 0.1) is 5.82 Å². The summed E-state index contributed by atoms with van der Waals surface area (Å²) in [4.78, 5) is 16.5. The molecule has 0 radical (unpaired) electrons. The SMILES string of the molecule is O=C(Oc1cc(Cl)ccc1F)C1(c2cncc(Br)c2)CC1. The van der Waals surface area contributed by atoms with Crippen molar-refractivity contribution in [3.8, 4) is 5.75 Å². The Morgan fingerprint density at radius 1 is 1.33 bits per heavy atom. The third-order valence-electron chi connectivity index (χ3n) is 3.49. The van der Waals surface area contributed by atoms with E-state index in [2.05, 4.69) is 20.9 Å². The van der Waals surface area contributed by atoms with Crippen LogP contribution in [-0.2, 0) is 10.2 Å². The van der Waals surface area contributed by atoms with E-state index in [9.17, 15) is 9.18 Å². The Balaban J connectivity index is 1.87. The quantitative estimate of drug-likeness (QED) is 0.598. The predicted octanol–water partition coefficient (Wildman–Crippen LogP) is 4.27. The molecule has 1 saturated carbocycles. The highest BCUT2D eigenvalue weighted by Gasteiger charge is 2.53. The van der Waals surface area contributed by atoms with Gasteiger partial charge < -0.3 is 4.74 Å². The molecule has 1 fully saturated rings. The molecule has 0 saturated heterocycles. The summed E-state index contributed by atoms with van der Waals surface area (Å²) < 4.78 is 19.6. The summed E-state index contributed by atoms with van der Waals surface area (Å²) in [6, 6.07) is 5.70. The number of ether oxygens (including phenoxy) is 1. The number of rotatable bonds is 3. The monoisotopic (exact) mass is 369 g/mol. The van der Waals surface area contributed by atoms with E-state index in [1.807, 2.05) is 6.07 Å². The van der Waals surface area contributed by atoms with E-state index in [0.717, 1.165) is 10.0 Å². The van der Waals surface area contributed by atoms with Gasteiger partial charge in [0.2, 0.25) is 0 Å². The van der Waals surface area contributed by atoms with E-state index >= 15 is 0 Å². The van der Waals surface area contributed by atoms with Crippen LogP contribution in [0.2, 0.25) is 5.02 Å². The summed E-state index contributed by atoms with van der Waals surface area (Å²) in [6.45, 7) is 0. The predicted molar refractivity (Wildman–Crippen MR) is 79.9 cm³/mol. The first-order valence-electron chi connectivity index (χ1n) is 6.30. The van der Waals surface area contributed by atoms with Gasteiger partial charge in [0.25, 0.3) is 0 Å². The van der Waals surface area contributed by atoms with E-state index < -0.39 is 17.2 Å². The topological polar surface area (TPSA) is 39.2 Å². The number of halogens is 3. The first kappa shape index (κ1) is 14.5. The van der Waals surface area contributed by atoms with Crippen molar-refractivity contribution in [1.29, 1.82) is 0 Å². The molecule has 0 bridgehead atoms. The maximum absolute atomic E-state index is 13.6. The molecule has 2 aromatic rings. The van der Waals surface area contributed by atoms with E-state index in [0.29, 0.717) is 17.9 Å². The Bertz CT molecular complexity index is 719. The second-order valence-corrected chi connectivity index (χ2v) is 6.29. The molecule has 6 heteroatoms. The van der Waals surface area contributed by atoms with Crippen molar-refractivity contribution in [2.75, 3.05) is 0 Å². The van der Waals surface area contributed by atoms with Crippen LogP contribution in [0.5, 0.6) is 5.75 Å². The van der Waals surface area contributed by atoms with Gasteiger partial charge in [0, 0.05) is 28.0 Å². The summed E-state index contributed by atoms with van der Waals surface area (Å²) in [7, 11) is 0. The van der Waals surface area contributed by atoms with Gasteiger partial charge in [-0.05, 0) is 52.5 Å². The van der Waals surface area contributed by atoms with Crippen LogP contribution in [0.1, 0.15) is 18.4 Å². The number of esters is 1. The van der Waals surface area contributed by atoms with Crippen molar-refractivity contribution in [1.82, 2.24) is 4.98 Å². The number of hydrogen-bond donors (Lipinski definition) is 0. The summed E-state index contributed by atoms with van der Waals surface area (Å²) >= 11 is 9.12. The van der Waals surface area contributed by atoms with Gasteiger partial charge in [0.1, 0.15) is 0 Å². The smallest absolute Gasteiger partial charge is 0.322 e. The van der Waals surface area contributed by atoms with Crippen LogP contribution in [0.3, 0.4) is 0 Å². The summed E-state index contributed by atoms with van der Waals surface area (Å²) in [5, 5.41) is 0.313. The molecule has 0 N–H and O–H groups in total. The number of hydrogen-bond acceptors (Lipinski definition) is 3. The second-order valence-electron chi connectivity index (χ2n) is 4.94. The maximum Gasteiger partial charge on any atom is 0.322 e. The fraction of sp³-hybridized carbons (Fsp3) is 0.200. The molecule has 0 aliphatic heterocycles. The Morgan fingerprint density at radius 2 is 2.10 bits per heavy atom. The normalized spacial score (nSPS) is 15.6. The number of carbonyl (C=O) groups is 1. The fourth-order valence-electron chi connectivity index (χ4n) is 2.16. The first-order valence-corrected chi connectivity index (χ1v) is 7.47. The van der Waals surface area contributed by atoms with Gasteiger partial charge in [-0.25, -0.2) is 4.39 Å². The first-order chi connectivity index (χ1) is 10.0. The molecule has 1 aromatic heterocycles. The number of pyridine rings is 1. The van der Waals surface area contributed by atoms with Crippen molar-refractivity contribution in [2.45, 2.75) is 18.3 Å². The zero-order chi connectivity index (χ0) is 15.0. The molecule has 1 aliphatic rings. The molecule has 1 aliphatic carbocycles. The van der Waals surface area contributed by atoms with Crippen molar-refractivity contribution in [3.63, 3.8) is 0 Å². The highest BCUT2D eigenvalue weighted by molar-refractivity contribution is 9.10. The number of carbonyl (C=O) groups excluding carboxylic acids is 1. The fourth-order valence-corrected chi connectivity index (χ4v) is 2.69. The molecular weight excluding hydrogens is 361 g/mol. The minimum atomic E-state index is -0.731. The molecule has 1 heterocycles. The Labute approximate surface area is 134 Å². The molecule has 0 atom stereocenters. The molecule has 0 spiro atoms. The highest BCUT2D eigenvalue weighted by Crippen LogP contribution is 2.49. The van der Waals surface area contributed by atoms with E-state index in [-0.39, 0.29) is 5.75 Å². The third kappa shape index (κ3) is 2.80. The van der Waals surface area contributed by atoms with E-state index in [1.165, 1.54) is 18.2 Å². The summed E-state index contributed by atoms with van der Waals surface area (Å²) in [6.07, 6.45) is 4.59. The molecular formula is C15H10BrClFNO2. The van der Waals surface area contributed by atoms with Crippen LogP contribution < -0.4 is 4.74 Å². The molecule has 108 valence electrons. The van der Waals surface area contributed by atoms with Gasteiger partial charge in [-0.3, -0.25) is 9.78 Å². The molecule has 3 nitrogen and oxygen atoms in total.